The van der Waals surface area contributed by atoms with Crippen LogP contribution in [0.1, 0.15) is 31.9 Å². The van der Waals surface area contributed by atoms with Gasteiger partial charge in [-0.25, -0.2) is 8.42 Å². The lowest BCUT2D eigenvalue weighted by Crippen LogP contribution is -2.42. The second kappa shape index (κ2) is 8.12. The van der Waals surface area contributed by atoms with E-state index in [9.17, 15) is 8.42 Å². The van der Waals surface area contributed by atoms with E-state index in [2.05, 4.69) is 29.5 Å². The van der Waals surface area contributed by atoms with E-state index in [1.54, 1.807) is 17.5 Å². The number of piperidine rings is 1. The minimum Gasteiger partial charge on any atom is -0.382 e. The maximum absolute atomic E-state index is 12.8. The Morgan fingerprint density at radius 2 is 1.97 bits per heavy atom. The van der Waals surface area contributed by atoms with Gasteiger partial charge in [0.2, 0.25) is 10.0 Å². The number of benzene rings is 1. The zero-order chi connectivity index (χ0) is 20.4. The number of fused-ring (bicyclic) bond motifs is 1. The third kappa shape index (κ3) is 4.13. The highest BCUT2D eigenvalue weighted by molar-refractivity contribution is 7.89. The van der Waals surface area contributed by atoms with E-state index in [-0.39, 0.29) is 10.9 Å². The summed E-state index contributed by atoms with van der Waals surface area (Å²) in [5, 5.41) is 8.76. The molecule has 1 aromatic carbocycles. The average molecular weight is 414 g/mol. The number of nitrogens with zero attached hydrogens (tertiary/aromatic N) is 4. The van der Waals surface area contributed by atoms with Crippen molar-refractivity contribution >= 4 is 26.6 Å². The molecule has 0 amide bonds. The van der Waals surface area contributed by atoms with E-state index in [0.29, 0.717) is 13.1 Å². The van der Waals surface area contributed by atoms with E-state index in [0.717, 1.165) is 48.0 Å². The molecular formula is C21H27N5O2S. The van der Waals surface area contributed by atoms with Gasteiger partial charge in [0.05, 0.1) is 11.7 Å². The summed E-state index contributed by atoms with van der Waals surface area (Å²) < 4.78 is 28.7. The van der Waals surface area contributed by atoms with Gasteiger partial charge in [-0.05, 0) is 31.4 Å². The average Bonchev–Trinajstić information content (AvgIpc) is 3.16. The Balaban J connectivity index is 1.49. The van der Waals surface area contributed by atoms with Crippen LogP contribution in [-0.2, 0) is 23.5 Å². The number of hydrogen-bond acceptors (Lipinski definition) is 5. The molecule has 154 valence electrons. The van der Waals surface area contributed by atoms with Crippen LogP contribution in [0.15, 0.2) is 47.6 Å². The van der Waals surface area contributed by atoms with Crippen LogP contribution in [0.4, 0.5) is 5.69 Å². The number of para-hydroxylation sites is 1. The molecule has 1 aliphatic heterocycles. The topological polar surface area (TPSA) is 80.1 Å². The smallest absolute Gasteiger partial charge is 0.246 e. The fourth-order valence-corrected chi connectivity index (χ4v) is 5.33. The first kappa shape index (κ1) is 19.8. The van der Waals surface area contributed by atoms with E-state index in [4.69, 9.17) is 4.98 Å². The summed E-state index contributed by atoms with van der Waals surface area (Å²) in [7, 11) is -1.75. The number of nitrogens with one attached hydrogen (secondary N) is 1. The largest absolute Gasteiger partial charge is 0.382 e. The van der Waals surface area contributed by atoms with Gasteiger partial charge in [0, 0.05) is 49.1 Å². The van der Waals surface area contributed by atoms with Crippen molar-refractivity contribution in [3.63, 3.8) is 0 Å². The van der Waals surface area contributed by atoms with Gasteiger partial charge in [-0.2, -0.15) is 9.40 Å². The first-order valence-corrected chi connectivity index (χ1v) is 11.6. The highest BCUT2D eigenvalue weighted by atomic mass is 32.2. The molecule has 0 bridgehead atoms. The molecule has 8 heteroatoms. The van der Waals surface area contributed by atoms with Crippen molar-refractivity contribution in [2.24, 2.45) is 7.05 Å². The van der Waals surface area contributed by atoms with Gasteiger partial charge in [-0.3, -0.25) is 9.67 Å². The van der Waals surface area contributed by atoms with Crippen LogP contribution in [0.3, 0.4) is 0 Å². The molecule has 1 N–H and O–H groups in total. The lowest BCUT2D eigenvalue weighted by molar-refractivity contribution is 0.330. The minimum absolute atomic E-state index is 0.232. The monoisotopic (exact) mass is 413 g/mol. The van der Waals surface area contributed by atoms with E-state index >= 15 is 0 Å². The summed E-state index contributed by atoms with van der Waals surface area (Å²) in [5.41, 5.74) is 3.18. The Bertz CT molecular complexity index is 1100. The van der Waals surface area contributed by atoms with Crippen molar-refractivity contribution in [2.45, 2.75) is 43.5 Å². The van der Waals surface area contributed by atoms with Crippen LogP contribution in [0, 0.1) is 0 Å². The van der Waals surface area contributed by atoms with Gasteiger partial charge in [0.25, 0.3) is 0 Å². The molecule has 1 saturated heterocycles. The first-order valence-electron chi connectivity index (χ1n) is 10.1. The van der Waals surface area contributed by atoms with Crippen molar-refractivity contribution in [3.05, 3.63) is 48.4 Å². The number of rotatable bonds is 6. The van der Waals surface area contributed by atoms with Crippen molar-refractivity contribution in [2.75, 3.05) is 18.4 Å². The Kier molecular flexibility index (Phi) is 5.56. The zero-order valence-corrected chi connectivity index (χ0v) is 17.7. The molecule has 3 aromatic rings. The quantitative estimate of drug-likeness (QED) is 0.671. The van der Waals surface area contributed by atoms with E-state index < -0.39 is 10.0 Å². The molecule has 0 atom stereocenters. The Morgan fingerprint density at radius 3 is 2.66 bits per heavy atom. The molecular weight excluding hydrogens is 386 g/mol. The Labute approximate surface area is 171 Å². The van der Waals surface area contributed by atoms with Crippen molar-refractivity contribution in [1.29, 1.82) is 0 Å². The van der Waals surface area contributed by atoms with Gasteiger partial charge in [-0.1, -0.05) is 31.5 Å². The van der Waals surface area contributed by atoms with Gasteiger partial charge in [-0.15, -0.1) is 0 Å². The summed E-state index contributed by atoms with van der Waals surface area (Å²) in [6.07, 6.45) is 6.49. The molecule has 0 spiro atoms. The van der Waals surface area contributed by atoms with Crippen molar-refractivity contribution in [1.82, 2.24) is 19.1 Å². The molecule has 1 fully saturated rings. The van der Waals surface area contributed by atoms with Gasteiger partial charge < -0.3 is 5.32 Å². The predicted molar refractivity (Wildman–Crippen MR) is 114 cm³/mol. The molecule has 7 nitrogen and oxygen atoms in total. The van der Waals surface area contributed by atoms with Crippen LogP contribution in [0.5, 0.6) is 0 Å². The molecule has 0 unspecified atom stereocenters. The highest BCUT2D eigenvalue weighted by Gasteiger charge is 2.30. The minimum atomic E-state index is -3.47. The number of pyridine rings is 1. The number of aryl methyl sites for hydroxylation is 2. The normalized spacial score (nSPS) is 16.3. The standard InChI is InChI=1S/C21H27N5O2S/c1-3-6-17-13-21(19-7-4-5-8-20(19)24-17)23-16-9-11-26(12-10-16)29(27,28)18-14-22-25(2)15-18/h4-5,7-8,13-16H,3,6,9-12H2,1-2H3,(H,23,24). The molecule has 1 aliphatic rings. The van der Waals surface area contributed by atoms with Crippen LogP contribution in [0.25, 0.3) is 10.9 Å². The molecule has 29 heavy (non-hydrogen) atoms. The third-order valence-corrected chi connectivity index (χ3v) is 7.26. The predicted octanol–water partition coefficient (Wildman–Crippen LogP) is 3.19. The van der Waals surface area contributed by atoms with E-state index in [1.807, 2.05) is 18.2 Å². The fraction of sp³-hybridized carbons (Fsp3) is 0.429. The molecule has 0 aliphatic carbocycles. The van der Waals surface area contributed by atoms with Crippen LogP contribution in [0.2, 0.25) is 0 Å². The first-order chi connectivity index (χ1) is 14.0. The molecule has 3 heterocycles. The van der Waals surface area contributed by atoms with Gasteiger partial charge in [0.1, 0.15) is 4.90 Å². The summed E-state index contributed by atoms with van der Waals surface area (Å²) in [4.78, 5) is 5.02. The summed E-state index contributed by atoms with van der Waals surface area (Å²) in [6.45, 7) is 3.15. The number of aromatic nitrogens is 3. The molecule has 2 aromatic heterocycles. The van der Waals surface area contributed by atoms with Crippen molar-refractivity contribution in [3.8, 4) is 0 Å². The summed E-state index contributed by atoms with van der Waals surface area (Å²) in [6, 6.07) is 10.5. The maximum atomic E-state index is 12.8. The SMILES string of the molecule is CCCc1cc(NC2CCN(S(=O)(=O)c3cnn(C)c3)CC2)c2ccccc2n1. The summed E-state index contributed by atoms with van der Waals surface area (Å²) in [5.74, 6) is 0. The number of hydrogen-bond donors (Lipinski definition) is 1. The maximum Gasteiger partial charge on any atom is 0.246 e. The highest BCUT2D eigenvalue weighted by Crippen LogP contribution is 2.27. The molecule has 4 rings (SSSR count). The van der Waals surface area contributed by atoms with Crippen LogP contribution in [-0.4, -0.2) is 46.6 Å². The Hall–Kier alpha value is -2.45. The van der Waals surface area contributed by atoms with Crippen LogP contribution < -0.4 is 5.32 Å². The molecule has 0 saturated carbocycles. The second-order valence-corrected chi connectivity index (χ2v) is 9.54. The Morgan fingerprint density at radius 1 is 1.21 bits per heavy atom. The van der Waals surface area contributed by atoms with Crippen LogP contribution >= 0.6 is 0 Å². The number of anilines is 1. The lowest BCUT2D eigenvalue weighted by Gasteiger charge is -2.32. The zero-order valence-electron chi connectivity index (χ0n) is 16.9. The summed E-state index contributed by atoms with van der Waals surface area (Å²) >= 11 is 0. The third-order valence-electron chi connectivity index (χ3n) is 5.41. The second-order valence-electron chi connectivity index (χ2n) is 7.60. The van der Waals surface area contributed by atoms with Gasteiger partial charge in [0.15, 0.2) is 0 Å². The lowest BCUT2D eigenvalue weighted by atomic mass is 10.0. The fourth-order valence-electron chi connectivity index (χ4n) is 3.88. The van der Waals surface area contributed by atoms with Crippen molar-refractivity contribution < 1.29 is 8.42 Å². The van der Waals surface area contributed by atoms with Gasteiger partial charge >= 0.3 is 0 Å². The molecule has 0 radical (unpaired) electrons. The van der Waals surface area contributed by atoms with E-state index in [1.165, 1.54) is 10.9 Å². The number of sulfonamides is 1.